The molecule has 4 rings (SSSR count). The minimum absolute atomic E-state index is 0.324. The number of anilines is 1. The van der Waals surface area contributed by atoms with Crippen molar-refractivity contribution < 1.29 is 14.4 Å². The second-order valence-electron chi connectivity index (χ2n) is 7.13. The summed E-state index contributed by atoms with van der Waals surface area (Å²) in [5.41, 5.74) is 0.735. The molecule has 3 heterocycles. The summed E-state index contributed by atoms with van der Waals surface area (Å²) in [4.78, 5) is 39.5. The molecule has 2 fully saturated rings. The molecule has 0 radical (unpaired) electrons. The fourth-order valence-corrected chi connectivity index (χ4v) is 6.49. The summed E-state index contributed by atoms with van der Waals surface area (Å²) in [5, 5.41) is 15.6. The highest BCUT2D eigenvalue weighted by molar-refractivity contribution is 7.99. The van der Waals surface area contributed by atoms with Crippen molar-refractivity contribution in [3.05, 3.63) is 16.0 Å². The summed E-state index contributed by atoms with van der Waals surface area (Å²) in [6.45, 7) is -0.329. The van der Waals surface area contributed by atoms with Gasteiger partial charge in [0.1, 0.15) is 23.2 Å². The molecular weight excluding hydrogens is 384 g/mol. The number of nitriles is 1. The Morgan fingerprint density at radius 3 is 2.85 bits per heavy atom. The first-order valence-corrected chi connectivity index (χ1v) is 11.1. The van der Waals surface area contributed by atoms with Crippen molar-refractivity contribution in [1.82, 2.24) is 10.2 Å². The predicted molar refractivity (Wildman–Crippen MR) is 104 cm³/mol. The number of aryl methyl sites for hydroxylation is 1. The molecule has 2 saturated heterocycles. The third kappa shape index (κ3) is 3.21. The standard InChI is InChI=1S/C18H20N4O3S2/c19-8-12-11-4-2-1-3-5-13(11)27-15(12)20-14(23)9-22-16(24)18(21-17(22)25)6-7-26-10-18/h1-7,9-10H2,(H,20,23)(H,21,25). The van der Waals surface area contributed by atoms with Crippen LogP contribution in [-0.2, 0) is 22.4 Å². The molecular formula is C18H20N4O3S2. The van der Waals surface area contributed by atoms with Crippen LogP contribution < -0.4 is 10.6 Å². The van der Waals surface area contributed by atoms with E-state index in [1.165, 1.54) is 11.3 Å². The van der Waals surface area contributed by atoms with Gasteiger partial charge in [-0.25, -0.2) is 4.79 Å². The molecule has 3 aliphatic rings. The molecule has 1 aliphatic carbocycles. The maximum Gasteiger partial charge on any atom is 0.325 e. The number of hydrogen-bond acceptors (Lipinski definition) is 6. The molecule has 9 heteroatoms. The lowest BCUT2D eigenvalue weighted by Gasteiger charge is -2.19. The number of carbonyl (C=O) groups is 3. The third-order valence-corrected chi connectivity index (χ3v) is 7.75. The SMILES string of the molecule is N#Cc1c(NC(=O)CN2C(=O)NC3(CCSC3)C2=O)sc2c1CCCCC2. The topological polar surface area (TPSA) is 102 Å². The molecule has 142 valence electrons. The summed E-state index contributed by atoms with van der Waals surface area (Å²) in [6, 6.07) is 1.71. The Bertz CT molecular complexity index is 852. The fraction of sp³-hybridized carbons (Fsp3) is 0.556. The molecule has 2 aliphatic heterocycles. The van der Waals surface area contributed by atoms with Gasteiger partial charge in [0.15, 0.2) is 0 Å². The summed E-state index contributed by atoms with van der Waals surface area (Å²) in [6.07, 6.45) is 5.68. The van der Waals surface area contributed by atoms with E-state index in [1.54, 1.807) is 11.8 Å². The average molecular weight is 405 g/mol. The van der Waals surface area contributed by atoms with Crippen molar-refractivity contribution >= 4 is 45.9 Å². The maximum absolute atomic E-state index is 12.6. The fourth-order valence-electron chi connectivity index (χ4n) is 3.91. The number of urea groups is 1. The summed E-state index contributed by atoms with van der Waals surface area (Å²) in [7, 11) is 0. The maximum atomic E-state index is 12.6. The number of thioether (sulfide) groups is 1. The zero-order chi connectivity index (χ0) is 19.0. The molecule has 7 nitrogen and oxygen atoms in total. The summed E-state index contributed by atoms with van der Waals surface area (Å²) in [5.74, 6) is 0.591. The quantitative estimate of drug-likeness (QED) is 0.594. The van der Waals surface area contributed by atoms with Gasteiger partial charge in [-0.1, -0.05) is 6.42 Å². The van der Waals surface area contributed by atoms with E-state index in [1.807, 2.05) is 0 Å². The van der Waals surface area contributed by atoms with Crippen molar-refractivity contribution in [2.24, 2.45) is 0 Å². The number of fused-ring (bicyclic) bond motifs is 1. The number of imide groups is 1. The Morgan fingerprint density at radius 2 is 2.11 bits per heavy atom. The van der Waals surface area contributed by atoms with Gasteiger partial charge in [0.05, 0.1) is 5.56 Å². The van der Waals surface area contributed by atoms with E-state index in [9.17, 15) is 19.6 Å². The minimum atomic E-state index is -0.847. The summed E-state index contributed by atoms with van der Waals surface area (Å²) >= 11 is 3.07. The van der Waals surface area contributed by atoms with Crippen LogP contribution in [0, 0.1) is 11.3 Å². The number of amides is 4. The number of nitrogens with one attached hydrogen (secondary N) is 2. The molecule has 1 aromatic rings. The molecule has 4 amide bonds. The van der Waals surface area contributed by atoms with Crippen molar-refractivity contribution in [2.45, 2.75) is 44.1 Å². The third-order valence-electron chi connectivity index (χ3n) is 5.36. The van der Waals surface area contributed by atoms with E-state index in [0.717, 1.165) is 53.2 Å². The van der Waals surface area contributed by atoms with Crippen LogP contribution in [0.5, 0.6) is 0 Å². The normalized spacial score (nSPS) is 24.5. The molecule has 1 spiro atoms. The largest absolute Gasteiger partial charge is 0.325 e. The molecule has 27 heavy (non-hydrogen) atoms. The van der Waals surface area contributed by atoms with E-state index in [0.29, 0.717) is 22.7 Å². The number of carbonyl (C=O) groups excluding carboxylic acids is 3. The van der Waals surface area contributed by atoms with Crippen molar-refractivity contribution in [3.63, 3.8) is 0 Å². The van der Waals surface area contributed by atoms with Gasteiger partial charge in [0.2, 0.25) is 5.91 Å². The monoisotopic (exact) mass is 404 g/mol. The first kappa shape index (κ1) is 18.3. The van der Waals surface area contributed by atoms with Crippen LogP contribution in [0.2, 0.25) is 0 Å². The highest BCUT2D eigenvalue weighted by Crippen LogP contribution is 2.37. The van der Waals surface area contributed by atoms with Crippen LogP contribution in [0.3, 0.4) is 0 Å². The Morgan fingerprint density at radius 1 is 1.30 bits per heavy atom. The smallest absolute Gasteiger partial charge is 0.322 e. The van der Waals surface area contributed by atoms with Gasteiger partial charge in [-0.05, 0) is 43.4 Å². The van der Waals surface area contributed by atoms with Gasteiger partial charge in [-0.15, -0.1) is 11.3 Å². The van der Waals surface area contributed by atoms with E-state index in [2.05, 4.69) is 16.7 Å². The van der Waals surface area contributed by atoms with Gasteiger partial charge in [0.25, 0.3) is 5.91 Å². The Kier molecular flexibility index (Phi) is 4.86. The van der Waals surface area contributed by atoms with E-state index < -0.39 is 17.5 Å². The molecule has 0 bridgehead atoms. The lowest BCUT2D eigenvalue weighted by molar-refractivity contribution is -0.133. The number of rotatable bonds is 3. The molecule has 1 unspecified atom stereocenters. The van der Waals surface area contributed by atoms with Crippen LogP contribution in [0.15, 0.2) is 0 Å². The van der Waals surface area contributed by atoms with Gasteiger partial charge in [0, 0.05) is 10.6 Å². The van der Waals surface area contributed by atoms with Crippen LogP contribution in [-0.4, -0.2) is 46.3 Å². The highest BCUT2D eigenvalue weighted by atomic mass is 32.2. The predicted octanol–water partition coefficient (Wildman–Crippen LogP) is 2.25. The van der Waals surface area contributed by atoms with Crippen LogP contribution >= 0.6 is 23.1 Å². The zero-order valence-electron chi connectivity index (χ0n) is 14.8. The second kappa shape index (κ2) is 7.17. The Labute approximate surface area is 165 Å². The van der Waals surface area contributed by atoms with Crippen LogP contribution in [0.25, 0.3) is 0 Å². The van der Waals surface area contributed by atoms with Gasteiger partial charge >= 0.3 is 6.03 Å². The second-order valence-corrected chi connectivity index (χ2v) is 9.35. The van der Waals surface area contributed by atoms with Crippen molar-refractivity contribution in [2.75, 3.05) is 23.4 Å². The van der Waals surface area contributed by atoms with E-state index in [-0.39, 0.29) is 12.5 Å². The van der Waals surface area contributed by atoms with Gasteiger partial charge in [-0.3, -0.25) is 14.5 Å². The number of nitrogens with zero attached hydrogens (tertiary/aromatic N) is 2. The first-order valence-electron chi connectivity index (χ1n) is 9.10. The Balaban J connectivity index is 1.48. The molecule has 1 aromatic heterocycles. The molecule has 0 saturated carbocycles. The minimum Gasteiger partial charge on any atom is -0.322 e. The van der Waals surface area contributed by atoms with Crippen molar-refractivity contribution in [1.29, 1.82) is 5.26 Å². The first-order chi connectivity index (χ1) is 13.0. The molecule has 1 atom stereocenters. The summed E-state index contributed by atoms with van der Waals surface area (Å²) < 4.78 is 0. The van der Waals surface area contributed by atoms with E-state index >= 15 is 0 Å². The lowest BCUT2D eigenvalue weighted by Crippen LogP contribution is -2.47. The van der Waals surface area contributed by atoms with Crippen LogP contribution in [0.1, 0.15) is 41.7 Å². The average Bonchev–Trinajstić information content (AvgIpc) is 3.24. The molecule has 0 aromatic carbocycles. The highest BCUT2D eigenvalue weighted by Gasteiger charge is 2.53. The van der Waals surface area contributed by atoms with Gasteiger partial charge < -0.3 is 10.6 Å². The number of thiophene rings is 1. The number of hydrogen-bond donors (Lipinski definition) is 2. The van der Waals surface area contributed by atoms with E-state index in [4.69, 9.17) is 0 Å². The van der Waals surface area contributed by atoms with Crippen LogP contribution in [0.4, 0.5) is 9.80 Å². The Hall–Kier alpha value is -2.05. The van der Waals surface area contributed by atoms with Gasteiger partial charge in [-0.2, -0.15) is 17.0 Å². The van der Waals surface area contributed by atoms with Crippen molar-refractivity contribution in [3.8, 4) is 6.07 Å². The lowest BCUT2D eigenvalue weighted by atomic mass is 9.99. The molecule has 2 N–H and O–H groups in total. The zero-order valence-corrected chi connectivity index (χ0v) is 16.4.